The predicted molar refractivity (Wildman–Crippen MR) is 108 cm³/mol. The minimum atomic E-state index is -4.11. The summed E-state index contributed by atoms with van der Waals surface area (Å²) in [4.78, 5) is 13.0. The second-order valence-corrected chi connectivity index (χ2v) is 8.14. The summed E-state index contributed by atoms with van der Waals surface area (Å²) >= 11 is 0. The molecule has 1 saturated heterocycles. The maximum atomic E-state index is 11.0. The quantitative estimate of drug-likeness (QED) is 0.455. The first-order valence-corrected chi connectivity index (χ1v) is 10.8. The maximum absolute atomic E-state index is 11.0. The van der Waals surface area contributed by atoms with E-state index in [4.69, 9.17) is 9.88 Å². The third-order valence-corrected chi connectivity index (χ3v) is 5.28. The van der Waals surface area contributed by atoms with Crippen LogP contribution >= 0.6 is 0 Å². The molecule has 0 aliphatic carbocycles. The van der Waals surface area contributed by atoms with Crippen LogP contribution in [0.25, 0.3) is 11.2 Å². The van der Waals surface area contributed by atoms with Crippen molar-refractivity contribution in [3.63, 3.8) is 0 Å². The summed E-state index contributed by atoms with van der Waals surface area (Å²) in [5.41, 5.74) is 2.33. The first-order chi connectivity index (χ1) is 14.4. The minimum absolute atomic E-state index is 0.227. The summed E-state index contributed by atoms with van der Waals surface area (Å²) in [6.07, 6.45) is 1.71. The molecule has 1 fully saturated rings. The highest BCUT2D eigenvalue weighted by molar-refractivity contribution is 7.84. The Hall–Kier alpha value is -2.64. The van der Waals surface area contributed by atoms with Crippen LogP contribution in [0.15, 0.2) is 43.0 Å². The van der Waals surface area contributed by atoms with E-state index in [1.807, 2.05) is 18.2 Å². The molecule has 12 heteroatoms. The number of rotatable bonds is 8. The van der Waals surface area contributed by atoms with Crippen LogP contribution in [0, 0.1) is 0 Å². The van der Waals surface area contributed by atoms with Gasteiger partial charge >= 0.3 is 10.3 Å². The second kappa shape index (κ2) is 8.62. The zero-order chi connectivity index (χ0) is 21.1. The number of imidazole rings is 1. The normalized spacial score (nSPS) is 21.9. The van der Waals surface area contributed by atoms with Crippen LogP contribution in [-0.2, 0) is 25.6 Å². The molecule has 4 N–H and O–H groups in total. The fraction of sp³-hybridized carbons (Fsp3) is 0.389. The van der Waals surface area contributed by atoms with Crippen LogP contribution in [0.2, 0.25) is 0 Å². The third-order valence-electron chi connectivity index (χ3n) is 4.82. The molecule has 0 radical (unpaired) electrons. The predicted octanol–water partition coefficient (Wildman–Crippen LogP) is 0.349. The molecule has 1 aliphatic rings. The summed E-state index contributed by atoms with van der Waals surface area (Å²) < 4.78 is 33.9. The summed E-state index contributed by atoms with van der Waals surface area (Å²) in [5.74, 6) is 0.599. The number of anilines is 1. The van der Waals surface area contributed by atoms with Gasteiger partial charge in [-0.2, -0.15) is 8.42 Å². The van der Waals surface area contributed by atoms with E-state index in [0.29, 0.717) is 23.5 Å². The molecule has 0 saturated carbocycles. The van der Waals surface area contributed by atoms with Crippen molar-refractivity contribution in [1.82, 2.24) is 19.5 Å². The van der Waals surface area contributed by atoms with Crippen molar-refractivity contribution in [3.05, 3.63) is 48.5 Å². The molecular formula is C18H22N6O5S. The zero-order valence-electron chi connectivity index (χ0n) is 16.0. The monoisotopic (exact) mass is 434 g/mol. The highest BCUT2D eigenvalue weighted by Crippen LogP contribution is 2.32. The number of fused-ring (bicyclic) bond motifs is 1. The van der Waals surface area contributed by atoms with Crippen LogP contribution in [-0.4, -0.2) is 58.4 Å². The molecule has 160 valence electrons. The van der Waals surface area contributed by atoms with Crippen molar-refractivity contribution in [2.45, 2.75) is 31.3 Å². The van der Waals surface area contributed by atoms with Crippen molar-refractivity contribution in [1.29, 1.82) is 0 Å². The van der Waals surface area contributed by atoms with Gasteiger partial charge in [-0.25, -0.2) is 20.1 Å². The number of ether oxygens (including phenoxy) is 1. The van der Waals surface area contributed by atoms with E-state index >= 15 is 0 Å². The number of hydrogen-bond donors (Lipinski definition) is 3. The van der Waals surface area contributed by atoms with E-state index in [9.17, 15) is 13.5 Å². The van der Waals surface area contributed by atoms with Crippen molar-refractivity contribution >= 4 is 27.3 Å². The van der Waals surface area contributed by atoms with Gasteiger partial charge in [0.25, 0.3) is 0 Å². The Labute approximate surface area is 173 Å². The SMILES string of the molecule is NS(=O)(=O)OC[C@H]1O[C@@H](n2cnc3c(NCCc4ccccc4)ncnc32)C[C@@H]1O. The molecule has 11 nitrogen and oxygen atoms in total. The molecule has 2 aromatic heterocycles. The molecule has 4 rings (SSSR count). The van der Waals surface area contributed by atoms with Crippen molar-refractivity contribution < 1.29 is 22.4 Å². The van der Waals surface area contributed by atoms with Gasteiger partial charge in [0, 0.05) is 13.0 Å². The Morgan fingerprint density at radius 3 is 2.83 bits per heavy atom. The first-order valence-electron chi connectivity index (χ1n) is 9.37. The Kier molecular flexibility index (Phi) is 5.92. The topological polar surface area (TPSA) is 154 Å². The van der Waals surface area contributed by atoms with Gasteiger partial charge < -0.3 is 15.2 Å². The third kappa shape index (κ3) is 4.74. The number of benzene rings is 1. The number of aliphatic hydroxyl groups is 1. The lowest BCUT2D eigenvalue weighted by Gasteiger charge is -2.15. The summed E-state index contributed by atoms with van der Waals surface area (Å²) in [7, 11) is -4.11. The van der Waals surface area contributed by atoms with Crippen LogP contribution in [0.3, 0.4) is 0 Å². The first kappa shape index (κ1) is 20.6. The van der Waals surface area contributed by atoms with Gasteiger partial charge in [0.2, 0.25) is 0 Å². The highest BCUT2D eigenvalue weighted by atomic mass is 32.2. The second-order valence-electron chi connectivity index (χ2n) is 6.92. The molecule has 0 unspecified atom stereocenters. The van der Waals surface area contributed by atoms with Gasteiger partial charge in [-0.1, -0.05) is 30.3 Å². The summed E-state index contributed by atoms with van der Waals surface area (Å²) in [6.45, 7) is 0.305. The number of aromatic nitrogens is 4. The largest absolute Gasteiger partial charge is 0.390 e. The van der Waals surface area contributed by atoms with E-state index in [2.05, 4.69) is 36.6 Å². The number of hydrogen-bond acceptors (Lipinski definition) is 9. The standard InChI is InChI=1S/C18H22N6O5S/c19-30(26,27)28-9-14-13(25)8-15(29-14)24-11-23-16-17(21-10-22-18(16)24)20-7-6-12-4-2-1-3-5-12/h1-5,10-11,13-15,25H,6-9H2,(H2,19,26,27)(H,20,21,22)/t13-,14+,15+/m0/s1. The Balaban J connectivity index is 1.45. The highest BCUT2D eigenvalue weighted by Gasteiger charge is 2.36. The Morgan fingerprint density at radius 1 is 1.27 bits per heavy atom. The van der Waals surface area contributed by atoms with E-state index in [0.717, 1.165) is 6.42 Å². The molecule has 1 aliphatic heterocycles. The molecule has 3 atom stereocenters. The molecular weight excluding hydrogens is 412 g/mol. The number of aliphatic hydroxyl groups excluding tert-OH is 1. The number of nitrogens with zero attached hydrogens (tertiary/aromatic N) is 4. The smallest absolute Gasteiger partial charge is 0.333 e. The molecule has 0 spiro atoms. The molecule has 1 aromatic carbocycles. The van der Waals surface area contributed by atoms with E-state index < -0.39 is 28.7 Å². The summed E-state index contributed by atoms with van der Waals surface area (Å²) in [5, 5.41) is 18.3. The Morgan fingerprint density at radius 2 is 2.07 bits per heavy atom. The number of nitrogens with one attached hydrogen (secondary N) is 1. The molecule has 0 amide bonds. The lowest BCUT2D eigenvalue weighted by Crippen LogP contribution is -2.30. The number of nitrogens with two attached hydrogens (primary N) is 1. The average molecular weight is 434 g/mol. The van der Waals surface area contributed by atoms with Gasteiger partial charge in [0.1, 0.15) is 18.7 Å². The molecule has 3 heterocycles. The minimum Gasteiger partial charge on any atom is -0.390 e. The van der Waals surface area contributed by atoms with Crippen molar-refractivity contribution in [2.24, 2.45) is 5.14 Å². The van der Waals surface area contributed by atoms with Gasteiger partial charge in [-0.05, 0) is 12.0 Å². The van der Waals surface area contributed by atoms with Crippen molar-refractivity contribution in [2.75, 3.05) is 18.5 Å². The van der Waals surface area contributed by atoms with E-state index in [-0.39, 0.29) is 13.0 Å². The van der Waals surface area contributed by atoms with Crippen molar-refractivity contribution in [3.8, 4) is 0 Å². The van der Waals surface area contributed by atoms with Crippen LogP contribution in [0.5, 0.6) is 0 Å². The molecule has 30 heavy (non-hydrogen) atoms. The zero-order valence-corrected chi connectivity index (χ0v) is 16.8. The average Bonchev–Trinajstić information content (AvgIpc) is 3.30. The maximum Gasteiger partial charge on any atom is 0.333 e. The van der Waals surface area contributed by atoms with E-state index in [1.54, 1.807) is 10.9 Å². The van der Waals surface area contributed by atoms with Crippen LogP contribution < -0.4 is 10.5 Å². The van der Waals surface area contributed by atoms with Crippen LogP contribution in [0.1, 0.15) is 18.2 Å². The van der Waals surface area contributed by atoms with Gasteiger partial charge in [0.05, 0.1) is 19.0 Å². The van der Waals surface area contributed by atoms with Gasteiger partial charge in [-0.15, -0.1) is 0 Å². The fourth-order valence-corrected chi connectivity index (χ4v) is 3.68. The molecule has 0 bridgehead atoms. The van der Waals surface area contributed by atoms with Gasteiger partial charge in [-0.3, -0.25) is 8.75 Å². The lowest BCUT2D eigenvalue weighted by molar-refractivity contribution is -0.0371. The molecule has 3 aromatic rings. The lowest BCUT2D eigenvalue weighted by atomic mass is 10.1. The summed E-state index contributed by atoms with van der Waals surface area (Å²) in [6, 6.07) is 10.1. The van der Waals surface area contributed by atoms with Crippen LogP contribution in [0.4, 0.5) is 5.82 Å². The van der Waals surface area contributed by atoms with Gasteiger partial charge in [0.15, 0.2) is 17.0 Å². The Bertz CT molecular complexity index is 1110. The van der Waals surface area contributed by atoms with E-state index in [1.165, 1.54) is 11.9 Å². The fourth-order valence-electron chi connectivity index (χ4n) is 3.36.